The summed E-state index contributed by atoms with van der Waals surface area (Å²) in [5.41, 5.74) is 0. The molecule has 4 amide bonds. The number of amides is 4. The molecule has 1 fully saturated rings. The number of carbonyl (C=O) groups is 3. The van der Waals surface area contributed by atoms with Gasteiger partial charge in [0.1, 0.15) is 0 Å². The summed E-state index contributed by atoms with van der Waals surface area (Å²) in [6.07, 6.45) is 1.49. The lowest BCUT2D eigenvalue weighted by atomic mass is 9.94. The Morgan fingerprint density at radius 3 is 2.09 bits per heavy atom. The van der Waals surface area contributed by atoms with Crippen molar-refractivity contribution in [1.29, 1.82) is 0 Å². The molecule has 0 radical (unpaired) electrons. The van der Waals surface area contributed by atoms with E-state index in [4.69, 9.17) is 0 Å². The molecule has 7 nitrogen and oxygen atoms in total. The highest BCUT2D eigenvalue weighted by Crippen LogP contribution is 2.20. The maximum atomic E-state index is 12.1. The number of likely N-dealkylation sites (tertiary alicyclic amines) is 1. The highest BCUT2D eigenvalue weighted by molar-refractivity contribution is 5.96. The predicted octanol–water partition coefficient (Wildman–Crippen LogP) is 0.409. The van der Waals surface area contributed by atoms with Crippen molar-refractivity contribution in [2.24, 2.45) is 5.92 Å². The summed E-state index contributed by atoms with van der Waals surface area (Å²) in [6.45, 7) is 6.82. The quantitative estimate of drug-likeness (QED) is 0.788. The number of carbonyl (C=O) groups excluding carboxylic acids is 3. The van der Waals surface area contributed by atoms with E-state index in [1.165, 1.54) is 0 Å². The molecular formula is C15H28N4O3. The normalized spacial score (nSPS) is 17.9. The van der Waals surface area contributed by atoms with Crippen LogP contribution in [0.2, 0.25) is 0 Å². The molecule has 0 aromatic carbocycles. The van der Waals surface area contributed by atoms with Crippen LogP contribution in [0.4, 0.5) is 4.79 Å². The number of nitrogens with one attached hydrogen (secondary N) is 2. The number of imide groups is 1. The average molecular weight is 312 g/mol. The van der Waals surface area contributed by atoms with E-state index in [1.807, 2.05) is 18.7 Å². The van der Waals surface area contributed by atoms with Crippen LogP contribution in [0, 0.1) is 5.92 Å². The molecule has 0 bridgehead atoms. The molecule has 0 aromatic heterocycles. The molecule has 1 atom stereocenters. The van der Waals surface area contributed by atoms with Gasteiger partial charge in [-0.25, -0.2) is 4.79 Å². The van der Waals surface area contributed by atoms with Crippen molar-refractivity contribution in [3.63, 3.8) is 0 Å². The van der Waals surface area contributed by atoms with Gasteiger partial charge in [-0.3, -0.25) is 19.8 Å². The van der Waals surface area contributed by atoms with E-state index >= 15 is 0 Å². The Labute approximate surface area is 132 Å². The molecule has 0 saturated carbocycles. The summed E-state index contributed by atoms with van der Waals surface area (Å²) in [5, 5.41) is 4.98. The Kier molecular flexibility index (Phi) is 6.80. The van der Waals surface area contributed by atoms with Gasteiger partial charge in [-0.1, -0.05) is 0 Å². The second kappa shape index (κ2) is 8.12. The number of rotatable bonds is 4. The Hall–Kier alpha value is -1.63. The molecule has 7 heteroatoms. The van der Waals surface area contributed by atoms with Gasteiger partial charge >= 0.3 is 6.03 Å². The second-order valence-electron chi connectivity index (χ2n) is 6.34. The van der Waals surface area contributed by atoms with Crippen molar-refractivity contribution in [3.8, 4) is 0 Å². The molecule has 1 aliphatic rings. The van der Waals surface area contributed by atoms with Gasteiger partial charge in [0.15, 0.2) is 0 Å². The number of urea groups is 1. The zero-order chi connectivity index (χ0) is 16.9. The number of hydrogen-bond donors (Lipinski definition) is 2. The van der Waals surface area contributed by atoms with Gasteiger partial charge in [-0.2, -0.15) is 0 Å². The fourth-order valence-electron chi connectivity index (χ4n) is 2.58. The van der Waals surface area contributed by atoms with E-state index in [9.17, 15) is 14.4 Å². The van der Waals surface area contributed by atoms with Crippen LogP contribution in [-0.2, 0) is 9.59 Å². The summed E-state index contributed by atoms with van der Waals surface area (Å²) >= 11 is 0. The fraction of sp³-hybridized carbons (Fsp3) is 0.800. The first-order chi connectivity index (χ1) is 10.2. The first kappa shape index (κ1) is 18.4. The molecule has 0 aromatic rings. The maximum absolute atomic E-state index is 12.1. The Balaban J connectivity index is 2.44. The zero-order valence-corrected chi connectivity index (χ0v) is 14.2. The lowest BCUT2D eigenvalue weighted by molar-refractivity contribution is -0.135. The smallest absolute Gasteiger partial charge is 0.321 e. The molecule has 126 valence electrons. The van der Waals surface area contributed by atoms with Crippen molar-refractivity contribution >= 4 is 17.8 Å². The van der Waals surface area contributed by atoms with Gasteiger partial charge < -0.3 is 10.2 Å². The summed E-state index contributed by atoms with van der Waals surface area (Å²) in [7, 11) is 3.52. The van der Waals surface area contributed by atoms with Crippen LogP contribution in [0.3, 0.4) is 0 Å². The average Bonchev–Trinajstić information content (AvgIpc) is 2.44. The molecule has 1 rings (SSSR count). The van der Waals surface area contributed by atoms with Gasteiger partial charge in [0.05, 0.1) is 6.04 Å². The van der Waals surface area contributed by atoms with Gasteiger partial charge in [-0.15, -0.1) is 0 Å². The van der Waals surface area contributed by atoms with E-state index in [2.05, 4.69) is 10.6 Å². The van der Waals surface area contributed by atoms with Gasteiger partial charge in [-0.05, 0) is 46.7 Å². The van der Waals surface area contributed by atoms with Gasteiger partial charge in [0.2, 0.25) is 11.8 Å². The van der Waals surface area contributed by atoms with Gasteiger partial charge in [0.25, 0.3) is 0 Å². The third kappa shape index (κ3) is 5.29. The highest BCUT2D eigenvalue weighted by Gasteiger charge is 2.30. The van der Waals surface area contributed by atoms with E-state index in [1.54, 1.807) is 25.9 Å². The van der Waals surface area contributed by atoms with E-state index in [0.717, 1.165) is 12.8 Å². The van der Waals surface area contributed by atoms with E-state index < -0.39 is 6.03 Å². The maximum Gasteiger partial charge on any atom is 0.321 e. The largest absolute Gasteiger partial charge is 0.349 e. The summed E-state index contributed by atoms with van der Waals surface area (Å²) < 4.78 is 0. The minimum atomic E-state index is -0.468. The molecule has 1 aliphatic heterocycles. The molecular weight excluding hydrogens is 284 g/mol. The Bertz CT molecular complexity index is 415. The SMILES string of the molecule is CC(C)NC(=O)NC(=O)C(C)N1CCC(C(=O)N(C)C)CC1. The van der Waals surface area contributed by atoms with Crippen molar-refractivity contribution in [3.05, 3.63) is 0 Å². The number of nitrogens with zero attached hydrogens (tertiary/aromatic N) is 2. The van der Waals surface area contributed by atoms with Crippen molar-refractivity contribution in [2.45, 2.75) is 45.7 Å². The lowest BCUT2D eigenvalue weighted by Crippen LogP contribution is -2.53. The first-order valence-electron chi connectivity index (χ1n) is 7.79. The lowest BCUT2D eigenvalue weighted by Gasteiger charge is -2.35. The molecule has 0 aliphatic carbocycles. The summed E-state index contributed by atoms with van der Waals surface area (Å²) in [6, 6.07) is -0.867. The zero-order valence-electron chi connectivity index (χ0n) is 14.2. The standard InChI is InChI=1S/C15H28N4O3/c1-10(2)16-15(22)17-13(20)11(3)19-8-6-12(7-9-19)14(21)18(4)5/h10-12H,6-9H2,1-5H3,(H2,16,17,20,22). The third-order valence-electron chi connectivity index (χ3n) is 3.90. The van der Waals surface area contributed by atoms with Crippen molar-refractivity contribution in [2.75, 3.05) is 27.2 Å². The number of hydrogen-bond acceptors (Lipinski definition) is 4. The predicted molar refractivity (Wildman–Crippen MR) is 84.3 cm³/mol. The van der Waals surface area contributed by atoms with Crippen molar-refractivity contribution in [1.82, 2.24) is 20.4 Å². The van der Waals surface area contributed by atoms with Crippen molar-refractivity contribution < 1.29 is 14.4 Å². The third-order valence-corrected chi connectivity index (χ3v) is 3.90. The van der Waals surface area contributed by atoms with Crippen LogP contribution in [0.15, 0.2) is 0 Å². The molecule has 0 spiro atoms. The molecule has 2 N–H and O–H groups in total. The van der Waals surface area contributed by atoms with E-state index in [0.29, 0.717) is 13.1 Å². The van der Waals surface area contributed by atoms with E-state index in [-0.39, 0.29) is 29.8 Å². The van der Waals surface area contributed by atoms with Crippen LogP contribution >= 0.6 is 0 Å². The van der Waals surface area contributed by atoms with Crippen LogP contribution in [0.5, 0.6) is 0 Å². The van der Waals surface area contributed by atoms with Crippen LogP contribution in [-0.4, -0.2) is 66.9 Å². The Morgan fingerprint density at radius 1 is 1.09 bits per heavy atom. The van der Waals surface area contributed by atoms with Crippen LogP contribution in [0.1, 0.15) is 33.6 Å². The molecule has 22 heavy (non-hydrogen) atoms. The summed E-state index contributed by atoms with van der Waals surface area (Å²) in [4.78, 5) is 39.2. The fourth-order valence-corrected chi connectivity index (χ4v) is 2.58. The number of piperidine rings is 1. The molecule has 1 unspecified atom stereocenters. The minimum absolute atomic E-state index is 0.0177. The monoisotopic (exact) mass is 312 g/mol. The molecule has 1 saturated heterocycles. The van der Waals surface area contributed by atoms with Gasteiger partial charge in [0, 0.05) is 26.1 Å². The summed E-state index contributed by atoms with van der Waals surface area (Å²) in [5.74, 6) is -0.130. The first-order valence-corrected chi connectivity index (χ1v) is 7.79. The highest BCUT2D eigenvalue weighted by atomic mass is 16.2. The van der Waals surface area contributed by atoms with Crippen LogP contribution in [0.25, 0.3) is 0 Å². The Morgan fingerprint density at radius 2 is 1.64 bits per heavy atom. The van der Waals surface area contributed by atoms with Crippen LogP contribution < -0.4 is 10.6 Å². The topological polar surface area (TPSA) is 81.8 Å². The minimum Gasteiger partial charge on any atom is -0.349 e. The second-order valence-corrected chi connectivity index (χ2v) is 6.34. The molecule has 1 heterocycles.